The third-order valence-electron chi connectivity index (χ3n) is 3.97. The molecule has 114 valence electrons. The molecule has 1 saturated heterocycles. The van der Waals surface area contributed by atoms with Crippen LogP contribution in [0.2, 0.25) is 0 Å². The Morgan fingerprint density at radius 2 is 2.09 bits per heavy atom. The molecule has 5 nitrogen and oxygen atoms in total. The van der Waals surface area contributed by atoms with Crippen LogP contribution in [0.1, 0.15) is 12.0 Å². The van der Waals surface area contributed by atoms with Crippen LogP contribution in [0, 0.1) is 6.92 Å². The number of fused-ring (bicyclic) bond motifs is 1. The van der Waals surface area contributed by atoms with Crippen LogP contribution < -0.4 is 4.90 Å². The van der Waals surface area contributed by atoms with Gasteiger partial charge in [-0.3, -0.25) is 9.69 Å². The molecule has 0 spiro atoms. The van der Waals surface area contributed by atoms with Gasteiger partial charge in [0.15, 0.2) is 0 Å². The van der Waals surface area contributed by atoms with Crippen LogP contribution in [0.25, 0.3) is 10.8 Å². The molecule has 3 rings (SSSR count). The molecule has 1 atom stereocenters. The van der Waals surface area contributed by atoms with Crippen LogP contribution in [0.3, 0.4) is 0 Å². The van der Waals surface area contributed by atoms with E-state index in [-0.39, 0.29) is 0 Å². The topological polar surface area (TPSA) is 66.8 Å². The van der Waals surface area contributed by atoms with Gasteiger partial charge >= 0.3 is 5.97 Å². The number of cyclic esters (lactones) is 1. The summed E-state index contributed by atoms with van der Waals surface area (Å²) in [5.74, 6) is -0.919. The Balaban J connectivity index is 2.22. The van der Waals surface area contributed by atoms with Crippen molar-refractivity contribution in [3.63, 3.8) is 0 Å². The van der Waals surface area contributed by atoms with Gasteiger partial charge in [0.2, 0.25) is 0 Å². The molecule has 2 aromatic rings. The summed E-state index contributed by atoms with van der Waals surface area (Å²) >= 11 is 0. The first-order valence-electron chi connectivity index (χ1n) is 7.21. The average molecular weight is 299 g/mol. The second-order valence-electron chi connectivity index (χ2n) is 5.35. The number of anilines is 1. The van der Waals surface area contributed by atoms with Crippen molar-refractivity contribution in [1.82, 2.24) is 0 Å². The summed E-state index contributed by atoms with van der Waals surface area (Å²) in [6.07, 6.45) is 0.438. The monoisotopic (exact) mass is 299 g/mol. The minimum absolute atomic E-state index is 0.294. The van der Waals surface area contributed by atoms with Crippen molar-refractivity contribution in [2.24, 2.45) is 0 Å². The van der Waals surface area contributed by atoms with E-state index in [1.165, 1.54) is 4.90 Å². The molecule has 1 aliphatic heterocycles. The molecule has 22 heavy (non-hydrogen) atoms. The second kappa shape index (κ2) is 5.77. The van der Waals surface area contributed by atoms with Crippen molar-refractivity contribution in [2.45, 2.75) is 19.4 Å². The van der Waals surface area contributed by atoms with Gasteiger partial charge in [0.1, 0.15) is 12.6 Å². The quantitative estimate of drug-likeness (QED) is 0.877. The second-order valence-corrected chi connectivity index (χ2v) is 5.35. The summed E-state index contributed by atoms with van der Waals surface area (Å²) in [5.41, 5.74) is 1.54. The molecule has 1 fully saturated rings. The number of benzene rings is 2. The van der Waals surface area contributed by atoms with Crippen LogP contribution in [-0.2, 0) is 14.3 Å². The normalized spacial score (nSPS) is 17.5. The van der Waals surface area contributed by atoms with E-state index in [0.29, 0.717) is 18.7 Å². The van der Waals surface area contributed by atoms with Gasteiger partial charge in [-0.1, -0.05) is 36.4 Å². The van der Waals surface area contributed by atoms with Crippen molar-refractivity contribution in [1.29, 1.82) is 0 Å². The number of carbonyl (C=O) groups excluding carboxylic acids is 2. The molecule has 1 unspecified atom stereocenters. The number of esters is 1. The predicted octanol–water partition coefficient (Wildman–Crippen LogP) is 1.79. The van der Waals surface area contributed by atoms with Crippen LogP contribution in [0.4, 0.5) is 5.69 Å². The number of carbonyl (C=O) groups is 2. The van der Waals surface area contributed by atoms with E-state index in [2.05, 4.69) is 0 Å². The molecule has 1 heterocycles. The van der Waals surface area contributed by atoms with Crippen molar-refractivity contribution >= 4 is 28.3 Å². The smallest absolute Gasteiger partial charge is 0.329 e. The number of aliphatic hydroxyl groups is 1. The highest BCUT2D eigenvalue weighted by atomic mass is 16.5. The highest BCUT2D eigenvalue weighted by Gasteiger charge is 2.37. The molecule has 0 bridgehead atoms. The molecule has 0 radical (unpaired) electrons. The van der Waals surface area contributed by atoms with Crippen molar-refractivity contribution in [3.05, 3.63) is 42.0 Å². The molecule has 0 saturated carbocycles. The van der Waals surface area contributed by atoms with Gasteiger partial charge in [-0.15, -0.1) is 0 Å². The lowest BCUT2D eigenvalue weighted by molar-refractivity contribution is -0.140. The van der Waals surface area contributed by atoms with E-state index in [4.69, 9.17) is 4.74 Å². The summed E-state index contributed by atoms with van der Waals surface area (Å²) in [4.78, 5) is 25.7. The van der Waals surface area contributed by atoms with Gasteiger partial charge in [-0.2, -0.15) is 0 Å². The highest BCUT2D eigenvalue weighted by Crippen LogP contribution is 2.33. The summed E-state index contributed by atoms with van der Waals surface area (Å²) in [7, 11) is 0. The van der Waals surface area contributed by atoms with E-state index >= 15 is 0 Å². The average Bonchev–Trinajstić information content (AvgIpc) is 2.95. The Hall–Kier alpha value is -2.40. The molecular weight excluding hydrogens is 282 g/mol. The van der Waals surface area contributed by atoms with Crippen molar-refractivity contribution in [2.75, 3.05) is 18.1 Å². The molecular formula is C17H17NO4. The zero-order chi connectivity index (χ0) is 15.7. The number of nitrogens with zero attached hydrogens (tertiary/aromatic N) is 1. The number of hydrogen-bond acceptors (Lipinski definition) is 4. The standard InChI is InChI=1S/C17H17NO4/c1-11-6-7-12-4-2-3-5-13(12)16(11)18(15(20)10-19)14-8-9-22-17(14)21/h2-7,14,19H,8-10H2,1H3. The Morgan fingerprint density at radius 3 is 2.77 bits per heavy atom. The van der Waals surface area contributed by atoms with Crippen LogP contribution >= 0.6 is 0 Å². The minimum Gasteiger partial charge on any atom is -0.464 e. The first-order valence-corrected chi connectivity index (χ1v) is 7.21. The Morgan fingerprint density at radius 1 is 1.32 bits per heavy atom. The van der Waals surface area contributed by atoms with Gasteiger partial charge < -0.3 is 9.84 Å². The minimum atomic E-state index is -0.677. The van der Waals surface area contributed by atoms with Gasteiger partial charge in [-0.05, 0) is 17.9 Å². The number of amides is 1. The SMILES string of the molecule is Cc1ccc2ccccc2c1N(C(=O)CO)C1CCOC1=O. The molecule has 1 N–H and O–H groups in total. The first-order chi connectivity index (χ1) is 10.6. The fourth-order valence-electron chi connectivity index (χ4n) is 2.93. The van der Waals surface area contributed by atoms with Crippen LogP contribution in [0.15, 0.2) is 36.4 Å². The number of aryl methyl sites for hydroxylation is 1. The van der Waals surface area contributed by atoms with E-state index in [9.17, 15) is 14.7 Å². The third-order valence-corrected chi connectivity index (χ3v) is 3.97. The van der Waals surface area contributed by atoms with E-state index in [1.54, 1.807) is 0 Å². The lowest BCUT2D eigenvalue weighted by atomic mass is 10.0. The van der Waals surface area contributed by atoms with E-state index < -0.39 is 24.5 Å². The molecule has 2 aromatic carbocycles. The van der Waals surface area contributed by atoms with Gasteiger partial charge in [0.05, 0.1) is 12.3 Å². The van der Waals surface area contributed by atoms with Crippen molar-refractivity contribution < 1.29 is 19.4 Å². The Bertz CT molecular complexity index is 741. The molecule has 0 aliphatic carbocycles. The number of rotatable bonds is 3. The Labute approximate surface area is 128 Å². The number of ether oxygens (including phenoxy) is 1. The van der Waals surface area contributed by atoms with Crippen LogP contribution in [0.5, 0.6) is 0 Å². The molecule has 1 aliphatic rings. The highest BCUT2D eigenvalue weighted by molar-refractivity contribution is 6.08. The zero-order valence-electron chi connectivity index (χ0n) is 12.3. The summed E-state index contributed by atoms with van der Waals surface area (Å²) < 4.78 is 5.00. The predicted molar refractivity (Wildman–Crippen MR) is 82.6 cm³/mol. The van der Waals surface area contributed by atoms with E-state index in [0.717, 1.165) is 16.3 Å². The molecule has 5 heteroatoms. The van der Waals surface area contributed by atoms with E-state index in [1.807, 2.05) is 43.3 Å². The third kappa shape index (κ3) is 2.33. The van der Waals surface area contributed by atoms with Gasteiger partial charge in [0.25, 0.3) is 5.91 Å². The first kappa shape index (κ1) is 14.5. The Kier molecular flexibility index (Phi) is 3.81. The molecule has 1 amide bonds. The summed E-state index contributed by atoms with van der Waals surface area (Å²) in [5, 5.41) is 11.2. The zero-order valence-corrected chi connectivity index (χ0v) is 12.3. The van der Waals surface area contributed by atoms with Crippen molar-refractivity contribution in [3.8, 4) is 0 Å². The number of hydrogen-bond donors (Lipinski definition) is 1. The fraction of sp³-hybridized carbons (Fsp3) is 0.294. The summed E-state index contributed by atoms with van der Waals surface area (Å²) in [6.45, 7) is 1.54. The van der Waals surface area contributed by atoms with Gasteiger partial charge in [0, 0.05) is 11.8 Å². The lowest BCUT2D eigenvalue weighted by Crippen LogP contribution is -2.45. The largest absolute Gasteiger partial charge is 0.464 e. The maximum absolute atomic E-state index is 12.3. The maximum Gasteiger partial charge on any atom is 0.329 e. The number of aliphatic hydroxyl groups excluding tert-OH is 1. The summed E-state index contributed by atoms with van der Waals surface area (Å²) in [6, 6.07) is 10.9. The van der Waals surface area contributed by atoms with Gasteiger partial charge in [-0.25, -0.2) is 4.79 Å². The fourth-order valence-corrected chi connectivity index (χ4v) is 2.93. The molecule has 0 aromatic heterocycles. The van der Waals surface area contributed by atoms with Crippen LogP contribution in [-0.4, -0.2) is 36.2 Å². The lowest BCUT2D eigenvalue weighted by Gasteiger charge is -2.28. The maximum atomic E-state index is 12.3.